The van der Waals surface area contributed by atoms with Crippen LogP contribution in [-0.2, 0) is 0 Å². The van der Waals surface area contributed by atoms with Crippen LogP contribution in [0.2, 0.25) is 0 Å². The van der Waals surface area contributed by atoms with Crippen LogP contribution >= 0.6 is 0 Å². The van der Waals surface area contributed by atoms with Crippen LogP contribution in [0.25, 0.3) is 94.1 Å². The summed E-state index contributed by atoms with van der Waals surface area (Å²) in [6.07, 6.45) is 0. The predicted octanol–water partition coefficient (Wildman–Crippen LogP) is 16.1. The molecule has 0 bridgehead atoms. The molecule has 0 saturated carbocycles. The van der Waals surface area contributed by atoms with Crippen LogP contribution in [-0.4, -0.2) is 11.5 Å². The molecule has 0 amide bonds. The SMILES string of the molecule is C=C(N=C(N=C(C)c1ccccc1)c1ccc(-c2cccc3c2oc2c(-c4ccccc4-c4ccccc4)cccc23)cc1)c1cccc2oc3ccc(-c4ccccc4)cc3c12. The molecule has 0 saturated heterocycles. The Bertz CT molecular complexity index is 3560. The number of hydrogen-bond donors (Lipinski definition) is 0. The van der Waals surface area contributed by atoms with E-state index in [0.29, 0.717) is 11.5 Å². The summed E-state index contributed by atoms with van der Waals surface area (Å²) in [5.41, 5.74) is 16.4. The van der Waals surface area contributed by atoms with E-state index in [2.05, 4.69) is 176 Å². The molecule has 0 N–H and O–H groups in total. The zero-order chi connectivity index (χ0) is 42.3. The summed E-state index contributed by atoms with van der Waals surface area (Å²) in [5, 5.41) is 4.15. The number of rotatable bonds is 8. The molecule has 0 spiro atoms. The van der Waals surface area contributed by atoms with E-state index in [1.807, 2.05) is 49.4 Å². The standard InChI is InChI=1S/C59H40N2O2/c1-38(40-17-6-3-7-18-40)60-59(61-39(2)46-25-16-30-55-56(46)53-37-45(35-36-54(53)62-55)41-19-8-4-9-20-41)44-33-31-43(32-34-44)48-26-14-28-51-52-29-15-27-50(58(52)63-57(48)51)49-24-13-12-23-47(49)42-21-10-5-11-22-42/h3-37H,2H2,1H3. The molecule has 0 unspecified atom stereocenters. The van der Waals surface area contributed by atoms with Crippen LogP contribution in [0.4, 0.5) is 0 Å². The maximum absolute atomic E-state index is 6.92. The molecule has 63 heavy (non-hydrogen) atoms. The van der Waals surface area contributed by atoms with Gasteiger partial charge < -0.3 is 8.83 Å². The minimum Gasteiger partial charge on any atom is -0.456 e. The largest absolute Gasteiger partial charge is 0.456 e. The van der Waals surface area contributed by atoms with Crippen molar-refractivity contribution in [3.05, 3.63) is 236 Å². The Kier molecular flexibility index (Phi) is 9.52. The van der Waals surface area contributed by atoms with Gasteiger partial charge in [0.2, 0.25) is 0 Å². The molecule has 4 nitrogen and oxygen atoms in total. The Morgan fingerprint density at radius 3 is 1.70 bits per heavy atom. The van der Waals surface area contributed by atoms with Crippen molar-refractivity contribution < 1.29 is 8.83 Å². The zero-order valence-electron chi connectivity index (χ0n) is 34.6. The fourth-order valence-corrected chi connectivity index (χ4v) is 8.77. The van der Waals surface area contributed by atoms with Gasteiger partial charge in [-0.15, -0.1) is 0 Å². The lowest BCUT2D eigenvalue weighted by Crippen LogP contribution is -2.04. The summed E-state index contributed by atoms with van der Waals surface area (Å²) in [6.45, 7) is 6.57. The third-order valence-corrected chi connectivity index (χ3v) is 11.9. The quantitative estimate of drug-likeness (QED) is 0.113. The maximum Gasteiger partial charge on any atom is 0.160 e. The highest BCUT2D eigenvalue weighted by molar-refractivity contribution is 6.16. The zero-order valence-corrected chi connectivity index (χ0v) is 34.6. The normalized spacial score (nSPS) is 12.1. The fraction of sp³-hybridized carbons (Fsp3) is 0.0169. The van der Waals surface area contributed by atoms with Gasteiger partial charge in [0.05, 0.1) is 5.70 Å². The molecule has 0 radical (unpaired) electrons. The number of benzene rings is 9. The van der Waals surface area contributed by atoms with Crippen molar-refractivity contribution in [2.75, 3.05) is 0 Å². The molecule has 0 fully saturated rings. The highest BCUT2D eigenvalue weighted by atomic mass is 16.3. The number of fused-ring (bicyclic) bond motifs is 6. The van der Waals surface area contributed by atoms with E-state index in [-0.39, 0.29) is 0 Å². The van der Waals surface area contributed by atoms with Crippen LogP contribution in [0.3, 0.4) is 0 Å². The Morgan fingerprint density at radius 1 is 0.397 bits per heavy atom. The molecule has 11 rings (SSSR count). The third kappa shape index (κ3) is 6.94. The molecule has 9 aromatic carbocycles. The minimum atomic E-state index is 0.561. The molecule has 0 aliphatic carbocycles. The van der Waals surface area contributed by atoms with Crippen LogP contribution < -0.4 is 0 Å². The first-order valence-electron chi connectivity index (χ1n) is 21.2. The van der Waals surface area contributed by atoms with Gasteiger partial charge in [-0.25, -0.2) is 9.98 Å². The van der Waals surface area contributed by atoms with E-state index < -0.39 is 0 Å². The predicted molar refractivity (Wildman–Crippen MR) is 263 cm³/mol. The Morgan fingerprint density at radius 2 is 0.968 bits per heavy atom. The second-order valence-corrected chi connectivity index (χ2v) is 15.8. The number of furan rings is 2. The Balaban J connectivity index is 1.00. The number of hydrogen-bond acceptors (Lipinski definition) is 3. The Hall–Kier alpha value is -8.34. The summed E-state index contributed by atoms with van der Waals surface area (Å²) in [7, 11) is 0. The second kappa shape index (κ2) is 15.9. The van der Waals surface area contributed by atoms with E-state index in [1.54, 1.807) is 0 Å². The summed E-state index contributed by atoms with van der Waals surface area (Å²) >= 11 is 0. The first-order valence-corrected chi connectivity index (χ1v) is 21.2. The van der Waals surface area contributed by atoms with Gasteiger partial charge in [0.15, 0.2) is 5.84 Å². The number of aliphatic imine (C=N–C) groups is 2. The second-order valence-electron chi connectivity index (χ2n) is 15.8. The van der Waals surface area contributed by atoms with E-state index in [4.69, 9.17) is 18.8 Å². The summed E-state index contributed by atoms with van der Waals surface area (Å²) < 4.78 is 13.3. The van der Waals surface area contributed by atoms with E-state index in [0.717, 1.165) is 99.7 Å². The Labute approximate surface area is 365 Å². The monoisotopic (exact) mass is 808 g/mol. The topological polar surface area (TPSA) is 51.0 Å². The number of para-hydroxylation sites is 2. The van der Waals surface area contributed by atoms with Gasteiger partial charge in [0.1, 0.15) is 22.3 Å². The van der Waals surface area contributed by atoms with E-state index in [9.17, 15) is 0 Å². The first kappa shape index (κ1) is 37.6. The van der Waals surface area contributed by atoms with Gasteiger partial charge >= 0.3 is 0 Å². The van der Waals surface area contributed by atoms with Crippen LogP contribution in [0.1, 0.15) is 23.6 Å². The van der Waals surface area contributed by atoms with E-state index >= 15 is 0 Å². The van der Waals surface area contributed by atoms with Crippen molar-refractivity contribution in [2.24, 2.45) is 9.98 Å². The number of amidine groups is 1. The van der Waals surface area contributed by atoms with Crippen molar-refractivity contribution in [3.63, 3.8) is 0 Å². The lowest BCUT2D eigenvalue weighted by atomic mass is 9.93. The van der Waals surface area contributed by atoms with Crippen LogP contribution in [0.5, 0.6) is 0 Å². The van der Waals surface area contributed by atoms with Gasteiger partial charge in [-0.3, -0.25) is 0 Å². The van der Waals surface area contributed by atoms with Crippen LogP contribution in [0, 0.1) is 0 Å². The molecular weight excluding hydrogens is 769 g/mol. The molecule has 11 aromatic rings. The van der Waals surface area contributed by atoms with Crippen molar-refractivity contribution in [3.8, 4) is 44.5 Å². The molecule has 0 aliphatic heterocycles. The van der Waals surface area contributed by atoms with Crippen molar-refractivity contribution in [1.29, 1.82) is 0 Å². The molecular formula is C59H40N2O2. The first-order chi connectivity index (χ1) is 31.1. The summed E-state index contributed by atoms with van der Waals surface area (Å²) in [6, 6.07) is 73.3. The maximum atomic E-state index is 6.92. The van der Waals surface area contributed by atoms with Crippen molar-refractivity contribution >= 4 is 61.1 Å². The molecule has 2 heterocycles. The van der Waals surface area contributed by atoms with Gasteiger partial charge in [0.25, 0.3) is 0 Å². The molecule has 4 heteroatoms. The number of nitrogens with zero attached hydrogens (tertiary/aromatic N) is 2. The lowest BCUT2D eigenvalue weighted by Gasteiger charge is -2.10. The lowest BCUT2D eigenvalue weighted by molar-refractivity contribution is 0.669. The molecule has 0 aliphatic rings. The van der Waals surface area contributed by atoms with Gasteiger partial charge in [-0.05, 0) is 64.1 Å². The smallest absolute Gasteiger partial charge is 0.160 e. The van der Waals surface area contributed by atoms with Gasteiger partial charge in [-0.2, -0.15) is 0 Å². The molecule has 2 aromatic heterocycles. The van der Waals surface area contributed by atoms with Gasteiger partial charge in [0, 0.05) is 49.5 Å². The summed E-state index contributed by atoms with van der Waals surface area (Å²) in [4.78, 5) is 10.4. The van der Waals surface area contributed by atoms with Gasteiger partial charge in [-0.1, -0.05) is 201 Å². The van der Waals surface area contributed by atoms with Crippen molar-refractivity contribution in [2.45, 2.75) is 6.92 Å². The average Bonchev–Trinajstić information content (AvgIpc) is 3.93. The average molecular weight is 809 g/mol. The van der Waals surface area contributed by atoms with Crippen LogP contribution in [0.15, 0.2) is 238 Å². The molecule has 0 atom stereocenters. The van der Waals surface area contributed by atoms with Crippen molar-refractivity contribution in [1.82, 2.24) is 0 Å². The fourth-order valence-electron chi connectivity index (χ4n) is 8.77. The summed E-state index contributed by atoms with van der Waals surface area (Å²) in [5.74, 6) is 0.561. The third-order valence-electron chi connectivity index (χ3n) is 11.9. The minimum absolute atomic E-state index is 0.561. The highest BCUT2D eigenvalue weighted by Crippen LogP contribution is 2.43. The van der Waals surface area contributed by atoms with E-state index in [1.165, 1.54) is 11.1 Å². The highest BCUT2D eigenvalue weighted by Gasteiger charge is 2.19. The molecule has 298 valence electrons.